The van der Waals surface area contributed by atoms with E-state index in [2.05, 4.69) is 0 Å². The third kappa shape index (κ3) is 2.54. The molecule has 1 aromatic carbocycles. The average Bonchev–Trinajstić information content (AvgIpc) is 2.15. The van der Waals surface area contributed by atoms with Crippen molar-refractivity contribution >= 4 is 11.6 Å². The number of ether oxygens (including phenoxy) is 1. The van der Waals surface area contributed by atoms with Crippen molar-refractivity contribution in [1.29, 1.82) is 0 Å². The van der Waals surface area contributed by atoms with Crippen molar-refractivity contribution in [1.82, 2.24) is 0 Å². The van der Waals surface area contributed by atoms with Gasteiger partial charge in [-0.05, 0) is 17.7 Å². The first kappa shape index (κ1) is 12.1. The van der Waals surface area contributed by atoms with Crippen LogP contribution in [0, 0.1) is 0 Å². The third-order valence-corrected chi connectivity index (χ3v) is 2.20. The molecule has 2 nitrogen and oxygen atoms in total. The van der Waals surface area contributed by atoms with Gasteiger partial charge in [0.15, 0.2) is 0 Å². The van der Waals surface area contributed by atoms with Gasteiger partial charge < -0.3 is 10.5 Å². The summed E-state index contributed by atoms with van der Waals surface area (Å²) < 4.78 is 42.3. The van der Waals surface area contributed by atoms with Crippen LogP contribution in [-0.2, 0) is 12.7 Å². The fourth-order valence-corrected chi connectivity index (χ4v) is 1.45. The van der Waals surface area contributed by atoms with Gasteiger partial charge in [0.25, 0.3) is 0 Å². The predicted octanol–water partition coefficient (Wildman–Crippen LogP) is 2.83. The van der Waals surface area contributed by atoms with E-state index in [4.69, 9.17) is 22.1 Å². The molecule has 1 rings (SSSR count). The van der Waals surface area contributed by atoms with Gasteiger partial charge in [-0.15, -0.1) is 0 Å². The Hall–Kier alpha value is -0.940. The molecule has 2 N–H and O–H groups in total. The molecule has 0 radical (unpaired) electrons. The minimum absolute atomic E-state index is 0.0128. The van der Waals surface area contributed by atoms with Gasteiger partial charge in [-0.25, -0.2) is 0 Å². The van der Waals surface area contributed by atoms with Crippen molar-refractivity contribution in [3.05, 3.63) is 28.3 Å². The van der Waals surface area contributed by atoms with Crippen molar-refractivity contribution in [2.24, 2.45) is 5.73 Å². The van der Waals surface area contributed by atoms with Crippen LogP contribution in [0.25, 0.3) is 0 Å². The summed E-state index contributed by atoms with van der Waals surface area (Å²) in [4.78, 5) is 0. The zero-order valence-electron chi connectivity index (χ0n) is 7.86. The number of methoxy groups -OCH3 is 1. The van der Waals surface area contributed by atoms with E-state index in [-0.39, 0.29) is 22.9 Å². The lowest BCUT2D eigenvalue weighted by molar-refractivity contribution is -0.138. The second-order valence-electron chi connectivity index (χ2n) is 2.85. The molecule has 84 valence electrons. The van der Waals surface area contributed by atoms with Crippen LogP contribution in [0.1, 0.15) is 11.1 Å². The van der Waals surface area contributed by atoms with Gasteiger partial charge in [0.2, 0.25) is 0 Å². The zero-order valence-corrected chi connectivity index (χ0v) is 8.62. The monoisotopic (exact) mass is 239 g/mol. The number of halogens is 4. The Morgan fingerprint density at radius 1 is 1.40 bits per heavy atom. The van der Waals surface area contributed by atoms with Crippen LogP contribution < -0.4 is 10.5 Å². The number of rotatable bonds is 2. The molecular formula is C9H9ClF3NO. The molecule has 0 saturated carbocycles. The second-order valence-corrected chi connectivity index (χ2v) is 3.25. The fraction of sp³-hybridized carbons (Fsp3) is 0.333. The molecule has 0 aliphatic rings. The van der Waals surface area contributed by atoms with E-state index >= 15 is 0 Å². The maximum absolute atomic E-state index is 12.5. The number of alkyl halides is 3. The molecule has 0 unspecified atom stereocenters. The van der Waals surface area contributed by atoms with Crippen molar-refractivity contribution in [3.63, 3.8) is 0 Å². The van der Waals surface area contributed by atoms with E-state index in [9.17, 15) is 13.2 Å². The summed E-state index contributed by atoms with van der Waals surface area (Å²) >= 11 is 5.68. The van der Waals surface area contributed by atoms with Gasteiger partial charge in [0.1, 0.15) is 5.75 Å². The summed E-state index contributed by atoms with van der Waals surface area (Å²) in [6.45, 7) is -0.224. The highest BCUT2D eigenvalue weighted by Crippen LogP contribution is 2.37. The highest BCUT2D eigenvalue weighted by atomic mass is 35.5. The van der Waals surface area contributed by atoms with Gasteiger partial charge in [0.05, 0.1) is 17.7 Å². The maximum atomic E-state index is 12.5. The average molecular weight is 240 g/mol. The Bertz CT molecular complexity index is 365. The van der Waals surface area contributed by atoms with E-state index in [0.29, 0.717) is 0 Å². The minimum atomic E-state index is -4.45. The molecule has 1 aromatic rings. The Kier molecular flexibility index (Phi) is 3.46. The zero-order chi connectivity index (χ0) is 11.6. The van der Waals surface area contributed by atoms with Crippen LogP contribution >= 0.6 is 11.6 Å². The minimum Gasteiger partial charge on any atom is -0.495 e. The lowest BCUT2D eigenvalue weighted by Gasteiger charge is -2.14. The summed E-state index contributed by atoms with van der Waals surface area (Å²) in [5, 5.41) is 0.117. The van der Waals surface area contributed by atoms with Crippen molar-refractivity contribution < 1.29 is 17.9 Å². The number of hydrogen-bond donors (Lipinski definition) is 1. The Morgan fingerprint density at radius 2 is 2.00 bits per heavy atom. The third-order valence-electron chi connectivity index (χ3n) is 1.90. The molecule has 0 saturated heterocycles. The summed E-state index contributed by atoms with van der Waals surface area (Å²) in [6.07, 6.45) is -4.45. The predicted molar refractivity (Wildman–Crippen MR) is 50.9 cm³/mol. The highest BCUT2D eigenvalue weighted by molar-refractivity contribution is 6.32. The van der Waals surface area contributed by atoms with Crippen LogP contribution in [0.3, 0.4) is 0 Å². The molecule has 0 bridgehead atoms. The molecular weight excluding hydrogens is 231 g/mol. The quantitative estimate of drug-likeness (QED) is 0.861. The molecule has 6 heteroatoms. The molecule has 0 aliphatic heterocycles. The SMILES string of the molecule is COc1cc(C(F)(F)F)c(CN)cc1Cl. The van der Waals surface area contributed by atoms with E-state index in [1.54, 1.807) is 0 Å². The van der Waals surface area contributed by atoms with Crippen LogP contribution in [0.5, 0.6) is 5.75 Å². The van der Waals surface area contributed by atoms with E-state index in [1.807, 2.05) is 0 Å². The molecule has 0 spiro atoms. The second kappa shape index (κ2) is 4.28. The Balaban J connectivity index is 3.36. The molecule has 0 heterocycles. The van der Waals surface area contributed by atoms with Crippen LogP contribution in [0.2, 0.25) is 5.02 Å². The highest BCUT2D eigenvalue weighted by Gasteiger charge is 2.34. The Labute approximate surface area is 89.8 Å². The fourth-order valence-electron chi connectivity index (χ4n) is 1.18. The molecule has 0 aromatic heterocycles. The first-order valence-corrected chi connectivity index (χ1v) is 4.41. The van der Waals surface area contributed by atoms with Gasteiger partial charge >= 0.3 is 6.18 Å². The number of benzene rings is 1. The van der Waals surface area contributed by atoms with Gasteiger partial charge in [-0.2, -0.15) is 13.2 Å². The molecule has 0 fully saturated rings. The summed E-state index contributed by atoms with van der Waals surface area (Å²) in [5.74, 6) is -0.0128. The van der Waals surface area contributed by atoms with Gasteiger partial charge in [-0.3, -0.25) is 0 Å². The smallest absolute Gasteiger partial charge is 0.416 e. The first-order chi connectivity index (χ1) is 6.90. The lowest BCUT2D eigenvalue weighted by atomic mass is 10.1. The Morgan fingerprint density at radius 3 is 2.40 bits per heavy atom. The summed E-state index contributed by atoms with van der Waals surface area (Å²) in [6, 6.07) is 2.02. The molecule has 0 atom stereocenters. The molecule has 15 heavy (non-hydrogen) atoms. The van der Waals surface area contributed by atoms with E-state index in [1.165, 1.54) is 13.2 Å². The van der Waals surface area contributed by atoms with Crippen LogP contribution in [0.15, 0.2) is 12.1 Å². The summed E-state index contributed by atoms with van der Waals surface area (Å²) in [5.41, 5.74) is 4.35. The first-order valence-electron chi connectivity index (χ1n) is 4.03. The van der Waals surface area contributed by atoms with Crippen LogP contribution in [0.4, 0.5) is 13.2 Å². The van der Waals surface area contributed by atoms with Crippen molar-refractivity contribution in [2.75, 3.05) is 7.11 Å². The van der Waals surface area contributed by atoms with E-state index in [0.717, 1.165) is 6.07 Å². The maximum Gasteiger partial charge on any atom is 0.416 e. The van der Waals surface area contributed by atoms with Gasteiger partial charge in [0, 0.05) is 6.54 Å². The van der Waals surface area contributed by atoms with Crippen molar-refractivity contribution in [2.45, 2.75) is 12.7 Å². The lowest BCUT2D eigenvalue weighted by Crippen LogP contribution is -2.12. The van der Waals surface area contributed by atoms with Crippen molar-refractivity contribution in [3.8, 4) is 5.75 Å². The molecule has 0 amide bonds. The molecule has 0 aliphatic carbocycles. The van der Waals surface area contributed by atoms with Crippen LogP contribution in [-0.4, -0.2) is 7.11 Å². The van der Waals surface area contributed by atoms with Gasteiger partial charge in [-0.1, -0.05) is 11.6 Å². The number of nitrogens with two attached hydrogens (primary N) is 1. The topological polar surface area (TPSA) is 35.2 Å². The standard InChI is InChI=1S/C9H9ClF3NO/c1-15-8-3-6(9(11,12)13)5(4-14)2-7(8)10/h2-3H,4,14H2,1H3. The largest absolute Gasteiger partial charge is 0.495 e. The normalized spacial score (nSPS) is 11.6. The summed E-state index contributed by atoms with van der Waals surface area (Å²) in [7, 11) is 1.25. The van der Waals surface area contributed by atoms with E-state index < -0.39 is 11.7 Å². The number of hydrogen-bond acceptors (Lipinski definition) is 2.